The van der Waals surface area contributed by atoms with Crippen molar-refractivity contribution in [3.8, 4) is 0 Å². The quantitative estimate of drug-likeness (QED) is 0.750. The number of hydrogen-bond acceptors (Lipinski definition) is 3. The highest BCUT2D eigenvalue weighted by atomic mass is 32.1. The van der Waals surface area contributed by atoms with E-state index < -0.39 is 0 Å². The van der Waals surface area contributed by atoms with Crippen molar-refractivity contribution in [1.82, 2.24) is 10.2 Å². The minimum absolute atomic E-state index is 0.0582. The Labute approximate surface area is 172 Å². The summed E-state index contributed by atoms with van der Waals surface area (Å²) in [6, 6.07) is 14.0. The molecule has 2 heterocycles. The number of hydrogen-bond donors (Lipinski definition) is 1. The zero-order chi connectivity index (χ0) is 19.9. The van der Waals surface area contributed by atoms with Crippen LogP contribution in [0.15, 0.2) is 47.8 Å². The molecular weight excluding hydrogens is 368 g/mol. The molecular formula is C23H30N2O2S. The molecule has 1 saturated heterocycles. The molecule has 0 aliphatic carbocycles. The summed E-state index contributed by atoms with van der Waals surface area (Å²) in [7, 11) is 0. The van der Waals surface area contributed by atoms with Gasteiger partial charge in [-0.3, -0.25) is 9.59 Å². The summed E-state index contributed by atoms with van der Waals surface area (Å²) in [5, 5.41) is 5.32. The molecule has 0 radical (unpaired) electrons. The van der Waals surface area contributed by atoms with E-state index in [1.807, 2.05) is 41.3 Å². The molecule has 0 saturated carbocycles. The molecule has 28 heavy (non-hydrogen) atoms. The van der Waals surface area contributed by atoms with Gasteiger partial charge in [0.25, 0.3) is 0 Å². The van der Waals surface area contributed by atoms with Crippen molar-refractivity contribution in [1.29, 1.82) is 0 Å². The highest BCUT2D eigenvalue weighted by Gasteiger charge is 2.30. The summed E-state index contributed by atoms with van der Waals surface area (Å²) in [5.41, 5.74) is 1.02. The van der Waals surface area contributed by atoms with Crippen molar-refractivity contribution < 1.29 is 9.59 Å². The number of benzene rings is 1. The van der Waals surface area contributed by atoms with Gasteiger partial charge in [-0.25, -0.2) is 0 Å². The molecule has 2 amide bonds. The van der Waals surface area contributed by atoms with E-state index in [1.165, 1.54) is 4.88 Å². The van der Waals surface area contributed by atoms with E-state index in [2.05, 4.69) is 30.6 Å². The van der Waals surface area contributed by atoms with Crippen molar-refractivity contribution in [2.24, 2.45) is 11.8 Å². The number of rotatable bonds is 7. The molecule has 1 N–H and O–H groups in total. The lowest BCUT2D eigenvalue weighted by Crippen LogP contribution is -2.46. The zero-order valence-corrected chi connectivity index (χ0v) is 17.6. The van der Waals surface area contributed by atoms with Crippen molar-refractivity contribution >= 4 is 23.2 Å². The van der Waals surface area contributed by atoms with Gasteiger partial charge in [-0.2, -0.15) is 0 Å². The van der Waals surface area contributed by atoms with Gasteiger partial charge in [0.2, 0.25) is 11.8 Å². The Bertz CT molecular complexity index is 758. The summed E-state index contributed by atoms with van der Waals surface area (Å²) < 4.78 is 0. The van der Waals surface area contributed by atoms with E-state index in [9.17, 15) is 9.59 Å². The Morgan fingerprint density at radius 2 is 1.96 bits per heavy atom. The minimum atomic E-state index is -0.122. The maximum atomic E-state index is 13.0. The van der Waals surface area contributed by atoms with Gasteiger partial charge in [-0.15, -0.1) is 11.3 Å². The van der Waals surface area contributed by atoms with Crippen molar-refractivity contribution in [3.63, 3.8) is 0 Å². The molecule has 1 aliphatic heterocycles. The monoisotopic (exact) mass is 398 g/mol. The number of nitrogens with one attached hydrogen (secondary N) is 1. The number of carbonyl (C=O) groups excluding carboxylic acids is 2. The summed E-state index contributed by atoms with van der Waals surface area (Å²) in [5.74, 6) is 0.572. The largest absolute Gasteiger partial charge is 0.348 e. The molecule has 1 fully saturated rings. The van der Waals surface area contributed by atoms with Crippen LogP contribution in [0.25, 0.3) is 0 Å². The molecule has 1 aliphatic rings. The average Bonchev–Trinajstić information content (AvgIpc) is 3.23. The van der Waals surface area contributed by atoms with E-state index in [1.54, 1.807) is 11.3 Å². The van der Waals surface area contributed by atoms with Crippen molar-refractivity contribution in [2.45, 2.75) is 45.6 Å². The number of piperidine rings is 1. The van der Waals surface area contributed by atoms with Gasteiger partial charge in [-0.1, -0.05) is 50.2 Å². The summed E-state index contributed by atoms with van der Waals surface area (Å²) in [6.45, 7) is 5.63. The molecule has 5 heteroatoms. The second-order valence-corrected chi connectivity index (χ2v) is 9.03. The van der Waals surface area contributed by atoms with Crippen LogP contribution < -0.4 is 5.32 Å². The lowest BCUT2D eigenvalue weighted by molar-refractivity contribution is -0.135. The number of thiophene rings is 1. The topological polar surface area (TPSA) is 49.4 Å². The first-order valence-corrected chi connectivity index (χ1v) is 11.1. The molecule has 0 unspecified atom stereocenters. The van der Waals surface area contributed by atoms with Gasteiger partial charge in [0, 0.05) is 18.0 Å². The van der Waals surface area contributed by atoms with Crippen LogP contribution in [-0.2, 0) is 16.0 Å². The number of amides is 2. The molecule has 2 atom stereocenters. The van der Waals surface area contributed by atoms with Crippen molar-refractivity contribution in [2.75, 3.05) is 13.1 Å². The molecule has 2 aromatic rings. The predicted octanol–water partition coefficient (Wildman–Crippen LogP) is 4.43. The van der Waals surface area contributed by atoms with Gasteiger partial charge in [-0.05, 0) is 42.2 Å². The Kier molecular flexibility index (Phi) is 7.26. The van der Waals surface area contributed by atoms with Gasteiger partial charge >= 0.3 is 0 Å². The fourth-order valence-corrected chi connectivity index (χ4v) is 4.59. The maximum Gasteiger partial charge on any atom is 0.227 e. The SMILES string of the molecule is CC(C)C[C@@H](NC(=O)[C@H]1CCCN(C(=O)Cc2ccccc2)C1)c1cccs1. The lowest BCUT2D eigenvalue weighted by Gasteiger charge is -2.33. The van der Waals surface area contributed by atoms with E-state index in [0.717, 1.165) is 31.4 Å². The van der Waals surface area contributed by atoms with E-state index in [4.69, 9.17) is 0 Å². The van der Waals surface area contributed by atoms with Crippen LogP contribution >= 0.6 is 11.3 Å². The van der Waals surface area contributed by atoms with Gasteiger partial charge < -0.3 is 10.2 Å². The minimum Gasteiger partial charge on any atom is -0.348 e. The van der Waals surface area contributed by atoms with Crippen LogP contribution in [0.4, 0.5) is 0 Å². The lowest BCUT2D eigenvalue weighted by atomic mass is 9.95. The van der Waals surface area contributed by atoms with E-state index in [-0.39, 0.29) is 23.8 Å². The molecule has 3 rings (SSSR count). The summed E-state index contributed by atoms with van der Waals surface area (Å²) >= 11 is 1.69. The highest BCUT2D eigenvalue weighted by molar-refractivity contribution is 7.10. The third-order valence-electron chi connectivity index (χ3n) is 5.25. The predicted molar refractivity (Wildman–Crippen MR) is 114 cm³/mol. The Hall–Kier alpha value is -2.14. The first kappa shape index (κ1) is 20.6. The summed E-state index contributed by atoms with van der Waals surface area (Å²) in [4.78, 5) is 28.7. The standard InChI is InChI=1S/C23H30N2O2S/c1-17(2)14-20(21-11-7-13-28-21)24-23(27)19-10-6-12-25(16-19)22(26)15-18-8-4-3-5-9-18/h3-5,7-9,11,13,17,19-20H,6,10,12,14-16H2,1-2H3,(H,24,27)/t19-,20+/m0/s1. The van der Waals surface area contributed by atoms with Gasteiger partial charge in [0.05, 0.1) is 18.4 Å². The van der Waals surface area contributed by atoms with E-state index in [0.29, 0.717) is 18.9 Å². The van der Waals surface area contributed by atoms with Crippen LogP contribution in [0.2, 0.25) is 0 Å². The first-order chi connectivity index (χ1) is 13.5. The van der Waals surface area contributed by atoms with E-state index >= 15 is 0 Å². The smallest absolute Gasteiger partial charge is 0.227 e. The fourth-order valence-electron chi connectivity index (χ4n) is 3.80. The molecule has 0 spiro atoms. The first-order valence-electron chi connectivity index (χ1n) is 10.2. The Morgan fingerprint density at radius 1 is 1.18 bits per heavy atom. The van der Waals surface area contributed by atoms with Crippen molar-refractivity contribution in [3.05, 3.63) is 58.3 Å². The molecule has 1 aromatic heterocycles. The third-order valence-corrected chi connectivity index (χ3v) is 6.24. The average molecular weight is 399 g/mol. The zero-order valence-electron chi connectivity index (χ0n) is 16.8. The summed E-state index contributed by atoms with van der Waals surface area (Å²) in [6.07, 6.45) is 3.06. The van der Waals surface area contributed by atoms with Crippen LogP contribution in [0.3, 0.4) is 0 Å². The molecule has 1 aromatic carbocycles. The van der Waals surface area contributed by atoms with Crippen LogP contribution in [-0.4, -0.2) is 29.8 Å². The second-order valence-electron chi connectivity index (χ2n) is 8.05. The second kappa shape index (κ2) is 9.87. The third kappa shape index (κ3) is 5.68. The fraction of sp³-hybridized carbons (Fsp3) is 0.478. The maximum absolute atomic E-state index is 13.0. The molecule has 0 bridgehead atoms. The Morgan fingerprint density at radius 3 is 2.64 bits per heavy atom. The highest BCUT2D eigenvalue weighted by Crippen LogP contribution is 2.27. The van der Waals surface area contributed by atoms with Crippen LogP contribution in [0.5, 0.6) is 0 Å². The normalized spacial score (nSPS) is 18.1. The number of likely N-dealkylation sites (tertiary alicyclic amines) is 1. The van der Waals surface area contributed by atoms with Crippen LogP contribution in [0.1, 0.15) is 49.6 Å². The van der Waals surface area contributed by atoms with Gasteiger partial charge in [0.15, 0.2) is 0 Å². The number of carbonyl (C=O) groups is 2. The molecule has 150 valence electrons. The number of nitrogens with zero attached hydrogens (tertiary/aromatic N) is 1. The van der Waals surface area contributed by atoms with Gasteiger partial charge in [0.1, 0.15) is 0 Å². The molecule has 4 nitrogen and oxygen atoms in total. The van der Waals surface area contributed by atoms with Crippen LogP contribution in [0, 0.1) is 11.8 Å². The Balaban J connectivity index is 1.59.